The molecule has 0 fully saturated rings. The van der Waals surface area contributed by atoms with E-state index >= 15 is 0 Å². The predicted octanol–water partition coefficient (Wildman–Crippen LogP) is 2.25. The molecular weight excluding hydrogens is 310 g/mol. The van der Waals surface area contributed by atoms with Gasteiger partial charge in [0.2, 0.25) is 0 Å². The first-order valence-corrected chi connectivity index (χ1v) is 7.75. The van der Waals surface area contributed by atoms with Crippen LogP contribution in [-0.4, -0.2) is 18.1 Å². The van der Waals surface area contributed by atoms with Gasteiger partial charge in [-0.1, -0.05) is 18.2 Å². The fourth-order valence-corrected chi connectivity index (χ4v) is 2.17. The summed E-state index contributed by atoms with van der Waals surface area (Å²) < 4.78 is 30.7. The summed E-state index contributed by atoms with van der Waals surface area (Å²) in [5.74, 6) is 0. The van der Waals surface area contributed by atoms with Gasteiger partial charge in [0.15, 0.2) is 5.11 Å². The van der Waals surface area contributed by atoms with Crippen molar-refractivity contribution in [1.82, 2.24) is 5.43 Å². The fourth-order valence-electron chi connectivity index (χ4n) is 1.52. The molecule has 0 amide bonds. The van der Waals surface area contributed by atoms with Gasteiger partial charge in [0.25, 0.3) is 10.1 Å². The van der Waals surface area contributed by atoms with Crippen LogP contribution in [0.15, 0.2) is 59.5 Å². The largest absolute Gasteiger partial charge is 0.331 e. The standard InChI is InChI=1S/C13H13N3O3S2/c17-21(18,19)12-8-6-11(7-9-12)15-16-13(20)14-10-4-2-1-3-5-10/h1-9,15H,(H2,14,16,20)(H,17,18,19). The molecule has 6 nitrogen and oxygen atoms in total. The molecule has 0 unspecified atom stereocenters. The summed E-state index contributed by atoms with van der Waals surface area (Å²) in [6.07, 6.45) is 0. The summed E-state index contributed by atoms with van der Waals surface area (Å²) in [4.78, 5) is -0.168. The Morgan fingerprint density at radius 3 is 2.14 bits per heavy atom. The number of anilines is 2. The van der Waals surface area contributed by atoms with E-state index in [9.17, 15) is 8.42 Å². The Morgan fingerprint density at radius 1 is 0.952 bits per heavy atom. The average molecular weight is 323 g/mol. The number of nitrogens with one attached hydrogen (secondary N) is 3. The molecule has 0 aliphatic heterocycles. The van der Waals surface area contributed by atoms with Crippen LogP contribution in [0, 0.1) is 0 Å². The lowest BCUT2D eigenvalue weighted by atomic mass is 10.3. The molecule has 21 heavy (non-hydrogen) atoms. The highest BCUT2D eigenvalue weighted by molar-refractivity contribution is 7.85. The van der Waals surface area contributed by atoms with Crippen molar-refractivity contribution >= 4 is 38.8 Å². The molecule has 0 atom stereocenters. The first-order valence-electron chi connectivity index (χ1n) is 5.91. The van der Waals surface area contributed by atoms with Gasteiger partial charge in [0.1, 0.15) is 0 Å². The summed E-state index contributed by atoms with van der Waals surface area (Å²) in [7, 11) is -4.18. The second-order valence-electron chi connectivity index (χ2n) is 4.07. The molecule has 0 aromatic heterocycles. The van der Waals surface area contributed by atoms with Crippen molar-refractivity contribution in [2.75, 3.05) is 10.7 Å². The van der Waals surface area contributed by atoms with Crippen LogP contribution in [0.4, 0.5) is 11.4 Å². The van der Waals surface area contributed by atoms with Gasteiger partial charge in [-0.25, -0.2) is 0 Å². The summed E-state index contributed by atoms with van der Waals surface area (Å²) in [6.45, 7) is 0. The molecular formula is C13H13N3O3S2. The molecule has 0 saturated heterocycles. The van der Waals surface area contributed by atoms with E-state index in [4.69, 9.17) is 16.8 Å². The van der Waals surface area contributed by atoms with Gasteiger partial charge in [0, 0.05) is 5.69 Å². The van der Waals surface area contributed by atoms with Gasteiger partial charge in [-0.3, -0.25) is 15.4 Å². The van der Waals surface area contributed by atoms with E-state index in [0.717, 1.165) is 5.69 Å². The second-order valence-corrected chi connectivity index (χ2v) is 5.90. The highest BCUT2D eigenvalue weighted by atomic mass is 32.2. The quantitative estimate of drug-likeness (QED) is 0.390. The van der Waals surface area contributed by atoms with Gasteiger partial charge in [-0.2, -0.15) is 8.42 Å². The Labute approximate surface area is 127 Å². The summed E-state index contributed by atoms with van der Waals surface area (Å²) in [6, 6.07) is 15.0. The number of thiocarbonyl (C=S) groups is 1. The molecule has 0 bridgehead atoms. The number of rotatable bonds is 4. The number of hydrazine groups is 1. The van der Waals surface area contributed by atoms with Crippen LogP contribution in [0.1, 0.15) is 0 Å². The Bertz CT molecular complexity index is 716. The SMILES string of the molecule is O=S(=O)(O)c1ccc(NNC(=S)Nc2ccccc2)cc1. The van der Waals surface area contributed by atoms with Crippen LogP contribution in [0.25, 0.3) is 0 Å². The van der Waals surface area contributed by atoms with Crippen LogP contribution in [0.3, 0.4) is 0 Å². The fraction of sp³-hybridized carbons (Fsp3) is 0. The number of hydrogen-bond acceptors (Lipinski definition) is 4. The highest BCUT2D eigenvalue weighted by Gasteiger charge is 2.08. The number of hydrogen-bond donors (Lipinski definition) is 4. The molecule has 2 aromatic rings. The molecule has 0 spiro atoms. The molecule has 0 saturated carbocycles. The summed E-state index contributed by atoms with van der Waals surface area (Å²) >= 11 is 5.10. The van der Waals surface area contributed by atoms with Crippen LogP contribution >= 0.6 is 12.2 Å². The zero-order valence-electron chi connectivity index (χ0n) is 10.8. The molecule has 2 rings (SSSR count). The van der Waals surface area contributed by atoms with E-state index in [1.807, 2.05) is 30.3 Å². The molecule has 0 heterocycles. The minimum absolute atomic E-state index is 0.168. The highest BCUT2D eigenvalue weighted by Crippen LogP contribution is 2.13. The van der Waals surface area contributed by atoms with Gasteiger partial charge in [-0.15, -0.1) is 0 Å². The van der Waals surface area contributed by atoms with Crippen molar-refractivity contribution in [1.29, 1.82) is 0 Å². The molecule has 2 aromatic carbocycles. The zero-order chi connectivity index (χ0) is 15.3. The smallest absolute Gasteiger partial charge is 0.294 e. The van der Waals surface area contributed by atoms with Gasteiger partial charge >= 0.3 is 0 Å². The van der Waals surface area contributed by atoms with Crippen molar-refractivity contribution in [2.45, 2.75) is 4.90 Å². The lowest BCUT2D eigenvalue weighted by molar-refractivity contribution is 0.483. The van der Waals surface area contributed by atoms with Crippen molar-refractivity contribution in [3.8, 4) is 0 Å². The molecule has 4 N–H and O–H groups in total. The summed E-state index contributed by atoms with van der Waals surface area (Å²) in [5, 5.41) is 3.33. The summed E-state index contributed by atoms with van der Waals surface area (Å²) in [5.41, 5.74) is 7.02. The van der Waals surface area contributed by atoms with E-state index in [-0.39, 0.29) is 4.90 Å². The molecule has 110 valence electrons. The maximum absolute atomic E-state index is 10.9. The maximum atomic E-state index is 10.9. The first-order chi connectivity index (χ1) is 9.95. The van der Waals surface area contributed by atoms with Crippen molar-refractivity contribution in [2.24, 2.45) is 0 Å². The topological polar surface area (TPSA) is 90.5 Å². The molecule has 8 heteroatoms. The van der Waals surface area contributed by atoms with Crippen molar-refractivity contribution in [3.05, 3.63) is 54.6 Å². The van der Waals surface area contributed by atoms with Gasteiger partial charge in [-0.05, 0) is 48.6 Å². The Kier molecular flexibility index (Phi) is 4.73. The van der Waals surface area contributed by atoms with Crippen LogP contribution in [0.2, 0.25) is 0 Å². The number of benzene rings is 2. The van der Waals surface area contributed by atoms with E-state index in [1.54, 1.807) is 0 Å². The molecule has 0 aliphatic carbocycles. The molecule has 0 radical (unpaired) electrons. The van der Waals surface area contributed by atoms with Crippen LogP contribution in [-0.2, 0) is 10.1 Å². The third-order valence-electron chi connectivity index (χ3n) is 2.50. The molecule has 0 aliphatic rings. The second kappa shape index (κ2) is 6.53. The van der Waals surface area contributed by atoms with E-state index in [0.29, 0.717) is 10.8 Å². The maximum Gasteiger partial charge on any atom is 0.294 e. The Balaban J connectivity index is 1.90. The Morgan fingerprint density at radius 2 is 1.57 bits per heavy atom. The lowest BCUT2D eigenvalue weighted by Crippen LogP contribution is -2.33. The zero-order valence-corrected chi connectivity index (χ0v) is 12.4. The minimum Gasteiger partial charge on any atom is -0.331 e. The number of para-hydroxylation sites is 1. The van der Waals surface area contributed by atoms with Crippen molar-refractivity contribution < 1.29 is 13.0 Å². The third-order valence-corrected chi connectivity index (χ3v) is 3.58. The monoisotopic (exact) mass is 323 g/mol. The van der Waals surface area contributed by atoms with Gasteiger partial charge < -0.3 is 5.32 Å². The Hall–Kier alpha value is -2.16. The lowest BCUT2D eigenvalue weighted by Gasteiger charge is -2.12. The van der Waals surface area contributed by atoms with Crippen molar-refractivity contribution in [3.63, 3.8) is 0 Å². The van der Waals surface area contributed by atoms with E-state index < -0.39 is 10.1 Å². The normalized spacial score (nSPS) is 10.7. The average Bonchev–Trinajstić information content (AvgIpc) is 2.46. The van der Waals surface area contributed by atoms with E-state index in [1.165, 1.54) is 24.3 Å². The third kappa shape index (κ3) is 4.71. The first kappa shape index (κ1) is 15.2. The van der Waals surface area contributed by atoms with Gasteiger partial charge in [0.05, 0.1) is 10.6 Å². The van der Waals surface area contributed by atoms with Crippen LogP contribution in [0.5, 0.6) is 0 Å². The van der Waals surface area contributed by atoms with Crippen LogP contribution < -0.4 is 16.2 Å². The minimum atomic E-state index is -4.18. The predicted molar refractivity (Wildman–Crippen MR) is 85.7 cm³/mol. The van der Waals surface area contributed by atoms with E-state index in [2.05, 4.69) is 16.2 Å².